The molecule has 26 heavy (non-hydrogen) atoms. The van der Waals surface area contributed by atoms with E-state index in [2.05, 4.69) is 0 Å². The van der Waals surface area contributed by atoms with Gasteiger partial charge < -0.3 is 0 Å². The lowest BCUT2D eigenvalue weighted by Gasteiger charge is -2.13. The monoisotopic (exact) mass is 378 g/mol. The largest absolute Gasteiger partial charge is 0.268 e. The molecule has 0 unspecified atom stereocenters. The van der Waals surface area contributed by atoms with E-state index in [1.165, 1.54) is 11.8 Å². The second-order valence-electron chi connectivity index (χ2n) is 5.80. The minimum Gasteiger partial charge on any atom is -0.268 e. The molecule has 3 aromatic carbocycles. The minimum atomic E-state index is -0.0552. The molecule has 5 heteroatoms. The fourth-order valence-electron chi connectivity index (χ4n) is 2.74. The SMILES string of the molecule is O=c1c2ccccc2nc(SCc2ccc(Cl)cc2)n1-c1ccccc1. The molecule has 0 N–H and O–H groups in total. The van der Waals surface area contributed by atoms with E-state index >= 15 is 0 Å². The number of hydrogen-bond acceptors (Lipinski definition) is 3. The Balaban J connectivity index is 1.81. The number of para-hydroxylation sites is 2. The van der Waals surface area contributed by atoms with Crippen LogP contribution < -0.4 is 5.56 Å². The molecular formula is C21H15ClN2OS. The summed E-state index contributed by atoms with van der Waals surface area (Å²) in [5.74, 6) is 0.703. The highest BCUT2D eigenvalue weighted by Gasteiger charge is 2.13. The summed E-state index contributed by atoms with van der Waals surface area (Å²) >= 11 is 7.49. The van der Waals surface area contributed by atoms with Crippen LogP contribution in [-0.4, -0.2) is 9.55 Å². The van der Waals surface area contributed by atoms with E-state index in [9.17, 15) is 4.79 Å². The van der Waals surface area contributed by atoms with Crippen LogP contribution >= 0.6 is 23.4 Å². The Labute approximate surface area is 160 Å². The molecule has 0 bridgehead atoms. The molecular weight excluding hydrogens is 364 g/mol. The number of thioether (sulfide) groups is 1. The number of rotatable bonds is 4. The first-order valence-electron chi connectivity index (χ1n) is 8.17. The molecule has 0 aliphatic heterocycles. The lowest BCUT2D eigenvalue weighted by Crippen LogP contribution is -2.21. The van der Waals surface area contributed by atoms with Gasteiger partial charge >= 0.3 is 0 Å². The maximum absolute atomic E-state index is 13.1. The van der Waals surface area contributed by atoms with Crippen molar-refractivity contribution in [3.8, 4) is 5.69 Å². The van der Waals surface area contributed by atoms with Gasteiger partial charge in [-0.2, -0.15) is 0 Å². The molecule has 0 radical (unpaired) electrons. The number of fused-ring (bicyclic) bond motifs is 1. The standard InChI is InChI=1S/C21H15ClN2OS/c22-16-12-10-15(11-13-16)14-26-21-23-19-9-5-4-8-18(19)20(25)24(21)17-6-2-1-3-7-17/h1-13H,14H2. The van der Waals surface area contributed by atoms with Crippen LogP contribution in [0.1, 0.15) is 5.56 Å². The van der Waals surface area contributed by atoms with Gasteiger partial charge in [0.2, 0.25) is 0 Å². The van der Waals surface area contributed by atoms with E-state index in [4.69, 9.17) is 16.6 Å². The second-order valence-corrected chi connectivity index (χ2v) is 7.18. The smallest absolute Gasteiger partial charge is 0.266 e. The highest BCUT2D eigenvalue weighted by molar-refractivity contribution is 7.98. The molecule has 0 fully saturated rings. The van der Waals surface area contributed by atoms with Crippen LogP contribution in [0.4, 0.5) is 0 Å². The van der Waals surface area contributed by atoms with Gasteiger partial charge in [0, 0.05) is 10.8 Å². The Morgan fingerprint density at radius 3 is 2.35 bits per heavy atom. The molecule has 0 aliphatic rings. The van der Waals surface area contributed by atoms with Crippen molar-refractivity contribution in [2.75, 3.05) is 0 Å². The predicted molar refractivity (Wildman–Crippen MR) is 108 cm³/mol. The van der Waals surface area contributed by atoms with Crippen molar-refractivity contribution < 1.29 is 0 Å². The average molecular weight is 379 g/mol. The highest BCUT2D eigenvalue weighted by Crippen LogP contribution is 2.25. The molecule has 1 aromatic heterocycles. The number of hydrogen-bond donors (Lipinski definition) is 0. The van der Waals surface area contributed by atoms with E-state index < -0.39 is 0 Å². The van der Waals surface area contributed by atoms with Crippen LogP contribution in [0.25, 0.3) is 16.6 Å². The van der Waals surface area contributed by atoms with Crippen molar-refractivity contribution in [3.63, 3.8) is 0 Å². The van der Waals surface area contributed by atoms with Crippen LogP contribution in [0.5, 0.6) is 0 Å². The van der Waals surface area contributed by atoms with Crippen LogP contribution in [-0.2, 0) is 5.75 Å². The zero-order valence-corrected chi connectivity index (χ0v) is 15.4. The van der Waals surface area contributed by atoms with Crippen molar-refractivity contribution >= 4 is 34.3 Å². The minimum absolute atomic E-state index is 0.0552. The molecule has 4 aromatic rings. The zero-order chi connectivity index (χ0) is 17.9. The molecule has 128 valence electrons. The molecule has 0 atom stereocenters. The normalized spacial score (nSPS) is 11.0. The quantitative estimate of drug-likeness (QED) is 0.355. The molecule has 0 saturated carbocycles. The fraction of sp³-hybridized carbons (Fsp3) is 0.0476. The summed E-state index contributed by atoms with van der Waals surface area (Å²) in [6.45, 7) is 0. The Hall–Kier alpha value is -2.56. The number of benzene rings is 3. The van der Waals surface area contributed by atoms with Gasteiger partial charge in [0.25, 0.3) is 5.56 Å². The molecule has 0 saturated heterocycles. The van der Waals surface area contributed by atoms with Gasteiger partial charge in [0.15, 0.2) is 5.16 Å². The molecule has 0 spiro atoms. The second kappa shape index (κ2) is 7.36. The van der Waals surface area contributed by atoms with Gasteiger partial charge in [-0.15, -0.1) is 0 Å². The Bertz CT molecular complexity index is 1110. The van der Waals surface area contributed by atoms with Crippen LogP contribution in [0.2, 0.25) is 5.02 Å². The lowest BCUT2D eigenvalue weighted by molar-refractivity contribution is 0.819. The average Bonchev–Trinajstić information content (AvgIpc) is 2.68. The van der Waals surface area contributed by atoms with E-state index in [0.717, 1.165) is 11.3 Å². The summed E-state index contributed by atoms with van der Waals surface area (Å²) in [6.07, 6.45) is 0. The summed E-state index contributed by atoms with van der Waals surface area (Å²) in [4.78, 5) is 17.8. The lowest BCUT2D eigenvalue weighted by atomic mass is 10.2. The number of halogens is 1. The van der Waals surface area contributed by atoms with E-state index in [1.807, 2.05) is 78.9 Å². The molecule has 4 rings (SSSR count). The number of aromatic nitrogens is 2. The van der Waals surface area contributed by atoms with Gasteiger partial charge in [0.05, 0.1) is 16.6 Å². The van der Waals surface area contributed by atoms with Gasteiger partial charge in [-0.25, -0.2) is 4.98 Å². The summed E-state index contributed by atoms with van der Waals surface area (Å²) in [5.41, 5.74) is 2.60. The van der Waals surface area contributed by atoms with E-state index in [1.54, 1.807) is 4.57 Å². The molecule has 1 heterocycles. The van der Waals surface area contributed by atoms with Crippen molar-refractivity contribution in [1.29, 1.82) is 0 Å². The molecule has 3 nitrogen and oxygen atoms in total. The predicted octanol–water partition coefficient (Wildman–Crippen LogP) is 5.33. The van der Waals surface area contributed by atoms with Crippen molar-refractivity contribution in [3.05, 3.63) is 99.8 Å². The zero-order valence-electron chi connectivity index (χ0n) is 13.8. The van der Waals surface area contributed by atoms with Gasteiger partial charge in [-0.05, 0) is 42.0 Å². The van der Waals surface area contributed by atoms with Gasteiger partial charge in [-0.3, -0.25) is 9.36 Å². The third kappa shape index (κ3) is 3.39. The van der Waals surface area contributed by atoms with Gasteiger partial charge in [-0.1, -0.05) is 65.8 Å². The Morgan fingerprint density at radius 2 is 1.58 bits per heavy atom. The summed E-state index contributed by atoms with van der Waals surface area (Å²) in [7, 11) is 0. The van der Waals surface area contributed by atoms with Crippen molar-refractivity contribution in [2.24, 2.45) is 0 Å². The first-order chi connectivity index (χ1) is 12.7. The maximum Gasteiger partial charge on any atom is 0.266 e. The van der Waals surface area contributed by atoms with Crippen LogP contribution in [0.15, 0.2) is 88.8 Å². The van der Waals surface area contributed by atoms with Crippen LogP contribution in [0, 0.1) is 0 Å². The summed E-state index contributed by atoms with van der Waals surface area (Å²) in [6, 6.07) is 24.8. The van der Waals surface area contributed by atoms with E-state index in [0.29, 0.717) is 26.8 Å². The van der Waals surface area contributed by atoms with Gasteiger partial charge in [0.1, 0.15) is 0 Å². The third-order valence-corrected chi connectivity index (χ3v) is 5.30. The summed E-state index contributed by atoms with van der Waals surface area (Å²) in [5, 5.41) is 2.01. The number of nitrogens with zero attached hydrogens (tertiary/aromatic N) is 2. The maximum atomic E-state index is 13.1. The highest BCUT2D eigenvalue weighted by atomic mass is 35.5. The van der Waals surface area contributed by atoms with Crippen LogP contribution in [0.3, 0.4) is 0 Å². The molecule has 0 aliphatic carbocycles. The Morgan fingerprint density at radius 1 is 0.885 bits per heavy atom. The topological polar surface area (TPSA) is 34.9 Å². The van der Waals surface area contributed by atoms with E-state index in [-0.39, 0.29) is 5.56 Å². The van der Waals surface area contributed by atoms with Crippen molar-refractivity contribution in [2.45, 2.75) is 10.9 Å². The van der Waals surface area contributed by atoms with Crippen molar-refractivity contribution in [1.82, 2.24) is 9.55 Å². The first-order valence-corrected chi connectivity index (χ1v) is 9.53. The first kappa shape index (κ1) is 16.9. The third-order valence-electron chi connectivity index (χ3n) is 4.04. The fourth-order valence-corrected chi connectivity index (χ4v) is 3.84. The Kier molecular flexibility index (Phi) is 4.78. The summed E-state index contributed by atoms with van der Waals surface area (Å²) < 4.78 is 1.68. The molecule has 0 amide bonds.